The zero-order valence-electron chi connectivity index (χ0n) is 15.5. The highest BCUT2D eigenvalue weighted by Crippen LogP contribution is 2.29. The molecule has 1 amide bonds. The molecule has 0 saturated heterocycles. The van der Waals surface area contributed by atoms with Gasteiger partial charge in [-0.3, -0.25) is 4.79 Å². The molecule has 0 unspecified atom stereocenters. The lowest BCUT2D eigenvalue weighted by atomic mass is 10.2. The first-order valence-electron chi connectivity index (χ1n) is 8.77. The summed E-state index contributed by atoms with van der Waals surface area (Å²) in [4.78, 5) is 12.1. The van der Waals surface area contributed by atoms with Crippen LogP contribution in [0.1, 0.15) is 26.3 Å². The van der Waals surface area contributed by atoms with Gasteiger partial charge in [-0.25, -0.2) is 0 Å². The zero-order chi connectivity index (χ0) is 18.8. The van der Waals surface area contributed by atoms with Crippen LogP contribution in [0.15, 0.2) is 48.5 Å². The molecule has 0 aliphatic rings. The molecule has 26 heavy (non-hydrogen) atoms. The van der Waals surface area contributed by atoms with Crippen LogP contribution in [-0.2, 0) is 4.79 Å². The van der Waals surface area contributed by atoms with Crippen molar-refractivity contribution in [3.63, 3.8) is 0 Å². The van der Waals surface area contributed by atoms with Crippen LogP contribution in [0, 0.1) is 0 Å². The van der Waals surface area contributed by atoms with Crippen molar-refractivity contribution in [3.8, 4) is 17.2 Å². The molecule has 0 atom stereocenters. The van der Waals surface area contributed by atoms with Gasteiger partial charge in [0.2, 0.25) is 5.91 Å². The molecule has 0 saturated carbocycles. The SMILES string of the molecule is CCOc1ccc(NC(=O)C=Cc2ccc(OCC)c(OCC)c2)cc1. The van der Waals surface area contributed by atoms with Crippen molar-refractivity contribution in [1.29, 1.82) is 0 Å². The van der Waals surface area contributed by atoms with Crippen LogP contribution < -0.4 is 19.5 Å². The lowest BCUT2D eigenvalue weighted by Crippen LogP contribution is -2.07. The number of ether oxygens (including phenoxy) is 3. The second-order valence-corrected chi connectivity index (χ2v) is 5.35. The summed E-state index contributed by atoms with van der Waals surface area (Å²) in [6, 6.07) is 12.8. The summed E-state index contributed by atoms with van der Waals surface area (Å²) in [5.74, 6) is 1.94. The Kier molecular flexibility index (Phi) is 7.55. The van der Waals surface area contributed by atoms with Crippen molar-refractivity contribution in [2.75, 3.05) is 25.1 Å². The highest BCUT2D eigenvalue weighted by Gasteiger charge is 2.05. The van der Waals surface area contributed by atoms with Crippen LogP contribution >= 0.6 is 0 Å². The topological polar surface area (TPSA) is 56.8 Å². The van der Waals surface area contributed by atoms with Crippen molar-refractivity contribution < 1.29 is 19.0 Å². The highest BCUT2D eigenvalue weighted by atomic mass is 16.5. The summed E-state index contributed by atoms with van der Waals surface area (Å²) in [7, 11) is 0. The van der Waals surface area contributed by atoms with Crippen molar-refractivity contribution in [2.45, 2.75) is 20.8 Å². The van der Waals surface area contributed by atoms with Gasteiger partial charge < -0.3 is 19.5 Å². The molecule has 0 spiro atoms. The number of nitrogens with one attached hydrogen (secondary N) is 1. The third kappa shape index (κ3) is 5.84. The van der Waals surface area contributed by atoms with Gasteiger partial charge in [-0.2, -0.15) is 0 Å². The predicted molar refractivity (Wildman–Crippen MR) is 104 cm³/mol. The Hall–Kier alpha value is -2.95. The fraction of sp³-hybridized carbons (Fsp3) is 0.286. The highest BCUT2D eigenvalue weighted by molar-refractivity contribution is 6.01. The molecule has 2 aromatic rings. The third-order valence-corrected chi connectivity index (χ3v) is 3.43. The average Bonchev–Trinajstić information content (AvgIpc) is 2.64. The molecule has 2 rings (SSSR count). The number of carbonyl (C=O) groups excluding carboxylic acids is 1. The number of benzene rings is 2. The molecular formula is C21H25NO4. The largest absolute Gasteiger partial charge is 0.494 e. The van der Waals surface area contributed by atoms with E-state index < -0.39 is 0 Å². The summed E-state index contributed by atoms with van der Waals surface area (Å²) >= 11 is 0. The molecule has 0 heterocycles. The minimum Gasteiger partial charge on any atom is -0.494 e. The van der Waals surface area contributed by atoms with Crippen molar-refractivity contribution >= 4 is 17.7 Å². The van der Waals surface area contributed by atoms with Gasteiger partial charge in [-0.15, -0.1) is 0 Å². The van der Waals surface area contributed by atoms with E-state index >= 15 is 0 Å². The molecule has 0 aliphatic heterocycles. The number of hydrogen-bond acceptors (Lipinski definition) is 4. The van der Waals surface area contributed by atoms with Crippen LogP contribution in [0.5, 0.6) is 17.2 Å². The van der Waals surface area contributed by atoms with Gasteiger partial charge >= 0.3 is 0 Å². The molecule has 0 radical (unpaired) electrons. The normalized spacial score (nSPS) is 10.6. The Morgan fingerprint density at radius 2 is 1.54 bits per heavy atom. The van der Waals surface area contributed by atoms with Crippen molar-refractivity contribution in [1.82, 2.24) is 0 Å². The molecule has 0 aliphatic carbocycles. The molecule has 5 heteroatoms. The van der Waals surface area contributed by atoms with Gasteiger partial charge in [-0.05, 0) is 68.8 Å². The quantitative estimate of drug-likeness (QED) is 0.671. The number of amides is 1. The summed E-state index contributed by atoms with van der Waals surface area (Å²) in [5.41, 5.74) is 1.57. The summed E-state index contributed by atoms with van der Waals surface area (Å²) in [6.45, 7) is 7.50. The van der Waals surface area contributed by atoms with Crippen LogP contribution in [-0.4, -0.2) is 25.7 Å². The monoisotopic (exact) mass is 355 g/mol. The first-order valence-corrected chi connectivity index (χ1v) is 8.77. The molecule has 2 aromatic carbocycles. The zero-order valence-corrected chi connectivity index (χ0v) is 15.5. The third-order valence-electron chi connectivity index (χ3n) is 3.43. The lowest BCUT2D eigenvalue weighted by Gasteiger charge is -2.11. The first-order chi connectivity index (χ1) is 12.7. The first kappa shape index (κ1) is 19.4. The summed E-state index contributed by atoms with van der Waals surface area (Å²) in [5, 5.41) is 2.82. The van der Waals surface area contributed by atoms with E-state index in [0.717, 1.165) is 11.3 Å². The average molecular weight is 355 g/mol. The minimum atomic E-state index is -0.207. The summed E-state index contributed by atoms with van der Waals surface area (Å²) in [6.07, 6.45) is 3.23. The Morgan fingerprint density at radius 1 is 0.885 bits per heavy atom. The molecule has 0 bridgehead atoms. The maximum Gasteiger partial charge on any atom is 0.248 e. The van der Waals surface area contributed by atoms with Crippen molar-refractivity contribution in [2.24, 2.45) is 0 Å². The van der Waals surface area contributed by atoms with Gasteiger partial charge in [0, 0.05) is 11.8 Å². The molecular weight excluding hydrogens is 330 g/mol. The lowest BCUT2D eigenvalue weighted by molar-refractivity contribution is -0.111. The Bertz CT molecular complexity index is 738. The predicted octanol–water partition coefficient (Wildman–Crippen LogP) is 4.53. The molecule has 1 N–H and O–H groups in total. The smallest absolute Gasteiger partial charge is 0.248 e. The van der Waals surface area contributed by atoms with E-state index in [4.69, 9.17) is 14.2 Å². The van der Waals surface area contributed by atoms with Gasteiger partial charge in [0.15, 0.2) is 11.5 Å². The van der Waals surface area contributed by atoms with Gasteiger partial charge in [-0.1, -0.05) is 6.07 Å². The molecule has 5 nitrogen and oxygen atoms in total. The van der Waals surface area contributed by atoms with Crippen LogP contribution in [0.3, 0.4) is 0 Å². The second-order valence-electron chi connectivity index (χ2n) is 5.35. The maximum atomic E-state index is 12.1. The van der Waals surface area contributed by atoms with Gasteiger partial charge in [0.25, 0.3) is 0 Å². The number of rotatable bonds is 9. The van der Waals surface area contributed by atoms with Crippen LogP contribution in [0.2, 0.25) is 0 Å². The van der Waals surface area contributed by atoms with Crippen LogP contribution in [0.4, 0.5) is 5.69 Å². The van der Waals surface area contributed by atoms with E-state index in [1.807, 2.05) is 51.1 Å². The number of hydrogen-bond donors (Lipinski definition) is 1. The molecule has 0 aromatic heterocycles. The van der Waals surface area contributed by atoms with E-state index in [9.17, 15) is 4.79 Å². The van der Waals surface area contributed by atoms with E-state index in [1.165, 1.54) is 6.08 Å². The van der Waals surface area contributed by atoms with E-state index in [1.54, 1.807) is 18.2 Å². The standard InChI is InChI=1S/C21H25NO4/c1-4-24-18-11-9-17(10-12-18)22-21(23)14-8-16-7-13-19(25-5-2)20(15-16)26-6-3/h7-15H,4-6H2,1-3H3,(H,22,23). The fourth-order valence-electron chi connectivity index (χ4n) is 2.33. The van der Waals surface area contributed by atoms with E-state index in [2.05, 4.69) is 5.32 Å². The second kappa shape index (κ2) is 10.1. The molecule has 0 fully saturated rings. The Labute approximate surface area is 154 Å². The van der Waals surface area contributed by atoms with E-state index in [-0.39, 0.29) is 5.91 Å². The minimum absolute atomic E-state index is 0.207. The van der Waals surface area contributed by atoms with Gasteiger partial charge in [0.05, 0.1) is 19.8 Å². The fourth-order valence-corrected chi connectivity index (χ4v) is 2.33. The van der Waals surface area contributed by atoms with E-state index in [0.29, 0.717) is 37.0 Å². The van der Waals surface area contributed by atoms with Crippen molar-refractivity contribution in [3.05, 3.63) is 54.1 Å². The van der Waals surface area contributed by atoms with Crippen LogP contribution in [0.25, 0.3) is 6.08 Å². The Morgan fingerprint density at radius 3 is 2.19 bits per heavy atom. The summed E-state index contributed by atoms with van der Waals surface area (Å²) < 4.78 is 16.5. The Balaban J connectivity index is 2.01. The maximum absolute atomic E-state index is 12.1. The van der Waals surface area contributed by atoms with Gasteiger partial charge in [0.1, 0.15) is 5.75 Å². The number of carbonyl (C=O) groups is 1. The molecule has 138 valence electrons. The number of anilines is 1.